The minimum absolute atomic E-state index is 0.620. The largest absolute Gasteiger partial charge is 0.330 e. The normalized spacial score (nSPS) is 59.5. The molecular weight excluding hydrogens is 302 g/mol. The second kappa shape index (κ2) is 5.27. The van der Waals surface area contributed by atoms with Gasteiger partial charge in [-0.2, -0.15) is 0 Å². The summed E-state index contributed by atoms with van der Waals surface area (Å²) in [4.78, 5) is 0. The van der Waals surface area contributed by atoms with E-state index in [9.17, 15) is 0 Å². The van der Waals surface area contributed by atoms with E-state index in [0.717, 1.165) is 35.6 Å². The van der Waals surface area contributed by atoms with Gasteiger partial charge in [-0.15, -0.1) is 0 Å². The summed E-state index contributed by atoms with van der Waals surface area (Å²) in [5, 5.41) is 0. The van der Waals surface area contributed by atoms with E-state index < -0.39 is 0 Å². The molecule has 2 N–H and O–H groups in total. The molecule has 0 heterocycles. The van der Waals surface area contributed by atoms with Crippen LogP contribution in [-0.4, -0.2) is 6.54 Å². The first-order valence-corrected chi connectivity index (χ1v) is 11.7. The number of hydrogen-bond acceptors (Lipinski definition) is 1. The highest BCUT2D eigenvalue weighted by Crippen LogP contribution is 2.88. The second-order valence-corrected chi connectivity index (χ2v) is 11.4. The lowest BCUT2D eigenvalue weighted by Crippen LogP contribution is -2.74. The molecule has 7 unspecified atom stereocenters. The first-order valence-electron chi connectivity index (χ1n) is 11.7. The first-order chi connectivity index (χ1) is 12.0. The van der Waals surface area contributed by atoms with Crippen LogP contribution in [0.2, 0.25) is 0 Å². The fourth-order valence-electron chi connectivity index (χ4n) is 10.4. The van der Waals surface area contributed by atoms with E-state index in [-0.39, 0.29) is 0 Å². The summed E-state index contributed by atoms with van der Waals surface area (Å²) < 4.78 is 0. The highest BCUT2D eigenvalue weighted by Gasteiger charge is 2.80. The van der Waals surface area contributed by atoms with Crippen LogP contribution in [0.5, 0.6) is 0 Å². The monoisotopic (exact) mass is 343 g/mol. The molecular formula is C24H41N. The molecule has 6 aliphatic rings. The standard InChI is InChI=1S/C24H41N/c1-4-17-15-20-23-11-8-18(9-14-25)21(23,2)12-13-24(20,16-23)22(3)10-6-5-7-19(17)22/h17-20H,4-16,25H2,1-3H3/t17-,18?,19?,20?,21?,22?,23?,24?/m0/s1. The van der Waals surface area contributed by atoms with Crippen LogP contribution in [0.25, 0.3) is 0 Å². The molecule has 0 aliphatic heterocycles. The Kier molecular flexibility index (Phi) is 3.60. The van der Waals surface area contributed by atoms with Gasteiger partial charge >= 0.3 is 0 Å². The van der Waals surface area contributed by atoms with Crippen molar-refractivity contribution in [3.8, 4) is 0 Å². The molecule has 6 aliphatic carbocycles. The Hall–Kier alpha value is -0.0400. The van der Waals surface area contributed by atoms with E-state index in [1.807, 2.05) is 0 Å². The van der Waals surface area contributed by atoms with E-state index >= 15 is 0 Å². The summed E-state index contributed by atoms with van der Waals surface area (Å²) in [6.07, 6.45) is 18.1. The van der Waals surface area contributed by atoms with E-state index in [2.05, 4.69) is 20.8 Å². The van der Waals surface area contributed by atoms with Crippen LogP contribution in [0.4, 0.5) is 0 Å². The van der Waals surface area contributed by atoms with Crippen molar-refractivity contribution in [1.29, 1.82) is 0 Å². The van der Waals surface area contributed by atoms with Crippen LogP contribution in [0, 0.1) is 45.3 Å². The van der Waals surface area contributed by atoms with Crippen molar-refractivity contribution < 1.29 is 0 Å². The van der Waals surface area contributed by atoms with E-state index in [1.54, 1.807) is 32.1 Å². The zero-order valence-electron chi connectivity index (χ0n) is 17.1. The molecule has 0 saturated heterocycles. The molecule has 6 fully saturated rings. The van der Waals surface area contributed by atoms with Crippen LogP contribution in [0.1, 0.15) is 97.8 Å². The Balaban J connectivity index is 1.55. The van der Waals surface area contributed by atoms with Crippen molar-refractivity contribution >= 4 is 0 Å². The Bertz CT molecular complexity index is 556. The fraction of sp³-hybridized carbons (Fsp3) is 1.00. The maximum Gasteiger partial charge on any atom is -0.00744 e. The zero-order valence-corrected chi connectivity index (χ0v) is 17.1. The van der Waals surface area contributed by atoms with Gasteiger partial charge in [0.2, 0.25) is 0 Å². The van der Waals surface area contributed by atoms with E-state index in [0.29, 0.717) is 16.2 Å². The maximum absolute atomic E-state index is 6.03. The molecule has 8 atom stereocenters. The van der Waals surface area contributed by atoms with Gasteiger partial charge in [-0.3, -0.25) is 0 Å². The van der Waals surface area contributed by atoms with Crippen molar-refractivity contribution in [2.45, 2.75) is 97.8 Å². The quantitative estimate of drug-likeness (QED) is 0.652. The minimum atomic E-state index is 0.620. The Morgan fingerprint density at radius 1 is 0.920 bits per heavy atom. The van der Waals surface area contributed by atoms with Gasteiger partial charge in [0.05, 0.1) is 0 Å². The predicted molar refractivity (Wildman–Crippen MR) is 105 cm³/mol. The van der Waals surface area contributed by atoms with Crippen molar-refractivity contribution in [1.82, 2.24) is 0 Å². The lowest BCUT2D eigenvalue weighted by molar-refractivity contribution is -0.331. The minimum Gasteiger partial charge on any atom is -0.330 e. The van der Waals surface area contributed by atoms with Crippen LogP contribution in [0.15, 0.2) is 0 Å². The molecule has 1 nitrogen and oxygen atoms in total. The van der Waals surface area contributed by atoms with Gasteiger partial charge in [0.1, 0.15) is 0 Å². The average molecular weight is 344 g/mol. The number of hydrogen-bond donors (Lipinski definition) is 1. The lowest BCUT2D eigenvalue weighted by atomic mass is 9.23. The number of fused-ring (bicyclic) bond motifs is 2. The molecule has 2 spiro atoms. The molecule has 0 radical (unpaired) electrons. The second-order valence-electron chi connectivity index (χ2n) is 11.4. The van der Waals surface area contributed by atoms with Gasteiger partial charge in [-0.05, 0) is 110 Å². The van der Waals surface area contributed by atoms with Crippen LogP contribution >= 0.6 is 0 Å². The third-order valence-corrected chi connectivity index (χ3v) is 11.6. The van der Waals surface area contributed by atoms with Crippen molar-refractivity contribution in [2.75, 3.05) is 6.54 Å². The SMILES string of the molecule is CC[C@H]1CC2C34CCC(CCN)C3(C)CCC2(C4)C2(C)CCCCC12. The highest BCUT2D eigenvalue weighted by molar-refractivity contribution is 5.29. The van der Waals surface area contributed by atoms with Crippen LogP contribution < -0.4 is 5.73 Å². The van der Waals surface area contributed by atoms with Gasteiger partial charge in [-0.1, -0.05) is 40.0 Å². The van der Waals surface area contributed by atoms with Gasteiger partial charge in [-0.25, -0.2) is 0 Å². The van der Waals surface area contributed by atoms with Crippen molar-refractivity contribution in [2.24, 2.45) is 51.1 Å². The molecule has 142 valence electrons. The van der Waals surface area contributed by atoms with Crippen molar-refractivity contribution in [3.05, 3.63) is 0 Å². The summed E-state index contributed by atoms with van der Waals surface area (Å²) in [7, 11) is 0. The Morgan fingerprint density at radius 2 is 1.72 bits per heavy atom. The summed E-state index contributed by atoms with van der Waals surface area (Å²) in [6, 6.07) is 0. The summed E-state index contributed by atoms with van der Waals surface area (Å²) >= 11 is 0. The van der Waals surface area contributed by atoms with Crippen LogP contribution in [0.3, 0.4) is 0 Å². The molecule has 1 heteroatoms. The predicted octanol–water partition coefficient (Wildman–Crippen LogP) is 6.16. The molecule has 2 bridgehead atoms. The molecule has 6 saturated carbocycles. The highest BCUT2D eigenvalue weighted by atomic mass is 14.8. The Morgan fingerprint density at radius 3 is 2.48 bits per heavy atom. The number of nitrogens with two attached hydrogens (primary N) is 1. The number of rotatable bonds is 3. The molecule has 0 aromatic heterocycles. The average Bonchev–Trinajstić information content (AvgIpc) is 2.91. The first kappa shape index (κ1) is 17.1. The third kappa shape index (κ3) is 1.72. The summed E-state index contributed by atoms with van der Waals surface area (Å²) in [5.41, 5.74) is 8.77. The van der Waals surface area contributed by atoms with Gasteiger partial charge in [0.25, 0.3) is 0 Å². The molecule has 0 aromatic rings. The van der Waals surface area contributed by atoms with Gasteiger partial charge < -0.3 is 5.73 Å². The van der Waals surface area contributed by atoms with E-state index in [1.165, 1.54) is 44.9 Å². The molecule has 0 amide bonds. The smallest absolute Gasteiger partial charge is 0.00744 e. The van der Waals surface area contributed by atoms with Gasteiger partial charge in [0, 0.05) is 0 Å². The maximum atomic E-state index is 6.03. The van der Waals surface area contributed by atoms with Gasteiger partial charge in [0.15, 0.2) is 0 Å². The van der Waals surface area contributed by atoms with E-state index in [4.69, 9.17) is 5.73 Å². The lowest BCUT2D eigenvalue weighted by Gasteiger charge is -2.81. The molecule has 6 rings (SSSR count). The zero-order chi connectivity index (χ0) is 17.5. The summed E-state index contributed by atoms with van der Waals surface area (Å²) in [6.45, 7) is 8.88. The van der Waals surface area contributed by atoms with Crippen LogP contribution in [-0.2, 0) is 0 Å². The van der Waals surface area contributed by atoms with Crippen molar-refractivity contribution in [3.63, 3.8) is 0 Å². The summed E-state index contributed by atoms with van der Waals surface area (Å²) in [5.74, 6) is 4.06. The topological polar surface area (TPSA) is 26.0 Å². The third-order valence-electron chi connectivity index (χ3n) is 11.6. The Labute approximate surface area is 155 Å². The fourth-order valence-corrected chi connectivity index (χ4v) is 10.4. The molecule has 0 aromatic carbocycles. The molecule has 25 heavy (non-hydrogen) atoms.